The lowest BCUT2D eigenvalue weighted by Gasteiger charge is -2.09. The van der Waals surface area contributed by atoms with Gasteiger partial charge in [-0.15, -0.1) is 0 Å². The van der Waals surface area contributed by atoms with Crippen molar-refractivity contribution in [3.05, 3.63) is 29.1 Å². The Bertz CT molecular complexity index is 532. The van der Waals surface area contributed by atoms with Gasteiger partial charge < -0.3 is 10.6 Å². The molecule has 0 spiro atoms. The third kappa shape index (κ3) is 4.07. The van der Waals surface area contributed by atoms with Gasteiger partial charge in [-0.05, 0) is 13.0 Å². The lowest BCUT2D eigenvalue weighted by Crippen LogP contribution is -2.39. The second-order valence-corrected chi connectivity index (χ2v) is 4.35. The minimum Gasteiger partial charge on any atom is -0.338 e. The van der Waals surface area contributed by atoms with Crippen molar-refractivity contribution in [2.75, 3.05) is 6.67 Å². The van der Waals surface area contributed by atoms with Crippen molar-refractivity contribution < 1.29 is 9.59 Å². The Labute approximate surface area is 111 Å². The number of pyridine rings is 1. The average molecular weight is 260 g/mol. The van der Waals surface area contributed by atoms with Crippen LogP contribution in [-0.2, 0) is 4.79 Å². The molecule has 0 aliphatic heterocycles. The van der Waals surface area contributed by atoms with Crippen LogP contribution in [0.4, 0.5) is 0 Å². The Balaban J connectivity index is 2.60. The molecule has 19 heavy (non-hydrogen) atoms. The maximum Gasteiger partial charge on any atom is 0.254 e. The highest BCUT2D eigenvalue weighted by Crippen LogP contribution is 2.06. The van der Waals surface area contributed by atoms with E-state index in [0.29, 0.717) is 16.8 Å². The summed E-state index contributed by atoms with van der Waals surface area (Å²) >= 11 is 0. The van der Waals surface area contributed by atoms with Gasteiger partial charge in [-0.1, -0.05) is 13.8 Å². The van der Waals surface area contributed by atoms with Gasteiger partial charge in [-0.2, -0.15) is 5.26 Å². The quantitative estimate of drug-likeness (QED) is 0.780. The molecule has 6 heteroatoms. The van der Waals surface area contributed by atoms with Crippen molar-refractivity contribution in [2.45, 2.75) is 20.8 Å². The van der Waals surface area contributed by atoms with E-state index in [1.807, 2.05) is 6.07 Å². The Morgan fingerprint density at radius 1 is 1.42 bits per heavy atom. The number of hydrogen-bond acceptors (Lipinski definition) is 4. The van der Waals surface area contributed by atoms with Gasteiger partial charge in [-0.25, -0.2) is 0 Å². The molecule has 1 aromatic heterocycles. The Hall–Kier alpha value is -2.42. The van der Waals surface area contributed by atoms with E-state index >= 15 is 0 Å². The summed E-state index contributed by atoms with van der Waals surface area (Å²) in [5.74, 6) is -0.656. The van der Waals surface area contributed by atoms with Crippen molar-refractivity contribution >= 4 is 11.8 Å². The van der Waals surface area contributed by atoms with Gasteiger partial charge in [0.05, 0.1) is 23.5 Å². The third-order valence-electron chi connectivity index (χ3n) is 2.51. The van der Waals surface area contributed by atoms with E-state index in [9.17, 15) is 9.59 Å². The molecule has 6 nitrogen and oxygen atoms in total. The molecule has 0 atom stereocenters. The predicted octanol–water partition coefficient (Wildman–Crippen LogP) is 0.721. The number of hydrogen-bond donors (Lipinski definition) is 2. The fourth-order valence-electron chi connectivity index (χ4n) is 1.29. The first kappa shape index (κ1) is 14.6. The van der Waals surface area contributed by atoms with Crippen molar-refractivity contribution in [2.24, 2.45) is 5.92 Å². The van der Waals surface area contributed by atoms with E-state index in [1.54, 1.807) is 20.8 Å². The highest BCUT2D eigenvalue weighted by Gasteiger charge is 2.10. The maximum absolute atomic E-state index is 11.8. The van der Waals surface area contributed by atoms with Crippen LogP contribution >= 0.6 is 0 Å². The van der Waals surface area contributed by atoms with Crippen LogP contribution in [-0.4, -0.2) is 23.5 Å². The number of amides is 2. The van der Waals surface area contributed by atoms with Crippen LogP contribution in [0, 0.1) is 24.2 Å². The third-order valence-corrected chi connectivity index (χ3v) is 2.51. The number of carbonyl (C=O) groups is 2. The van der Waals surface area contributed by atoms with Gasteiger partial charge in [0.15, 0.2) is 0 Å². The molecular weight excluding hydrogens is 244 g/mol. The van der Waals surface area contributed by atoms with E-state index in [4.69, 9.17) is 5.26 Å². The van der Waals surface area contributed by atoms with E-state index < -0.39 is 0 Å². The first-order valence-corrected chi connectivity index (χ1v) is 5.88. The molecule has 0 aliphatic rings. The molecule has 1 rings (SSSR count). The summed E-state index contributed by atoms with van der Waals surface area (Å²) in [4.78, 5) is 27.0. The van der Waals surface area contributed by atoms with Crippen molar-refractivity contribution in [3.63, 3.8) is 0 Å². The largest absolute Gasteiger partial charge is 0.338 e. The van der Waals surface area contributed by atoms with Crippen LogP contribution in [0.5, 0.6) is 0 Å². The topological polar surface area (TPSA) is 94.9 Å². The summed E-state index contributed by atoms with van der Waals surface area (Å²) in [7, 11) is 0. The van der Waals surface area contributed by atoms with Crippen LogP contribution in [0.2, 0.25) is 0 Å². The van der Waals surface area contributed by atoms with Gasteiger partial charge in [0.25, 0.3) is 5.91 Å². The molecule has 0 saturated carbocycles. The van der Waals surface area contributed by atoms with Gasteiger partial charge in [0.2, 0.25) is 5.91 Å². The number of rotatable bonds is 4. The molecule has 2 amide bonds. The SMILES string of the molecule is Cc1ncc(C(=O)NCNC(=O)C(C)C)cc1C#N. The van der Waals surface area contributed by atoms with E-state index in [2.05, 4.69) is 15.6 Å². The molecular formula is C13H16N4O2. The number of carbonyl (C=O) groups excluding carboxylic acids is 2. The summed E-state index contributed by atoms with van der Waals surface area (Å²) in [6.07, 6.45) is 1.40. The second kappa shape index (κ2) is 6.50. The van der Waals surface area contributed by atoms with Crippen LogP contribution in [0.15, 0.2) is 12.3 Å². The second-order valence-electron chi connectivity index (χ2n) is 4.35. The van der Waals surface area contributed by atoms with Crippen LogP contribution in [0.3, 0.4) is 0 Å². The summed E-state index contributed by atoms with van der Waals surface area (Å²) in [5.41, 5.74) is 1.23. The van der Waals surface area contributed by atoms with E-state index in [1.165, 1.54) is 12.3 Å². The summed E-state index contributed by atoms with van der Waals surface area (Å²) in [6.45, 7) is 5.27. The molecule has 0 bridgehead atoms. The number of nitrogens with one attached hydrogen (secondary N) is 2. The smallest absolute Gasteiger partial charge is 0.254 e. The zero-order valence-corrected chi connectivity index (χ0v) is 11.2. The van der Waals surface area contributed by atoms with Gasteiger partial charge in [0, 0.05) is 12.1 Å². The minimum atomic E-state index is -0.381. The predicted molar refractivity (Wildman–Crippen MR) is 69.0 cm³/mol. The fraction of sp³-hybridized carbons (Fsp3) is 0.385. The molecule has 0 aromatic carbocycles. The number of aryl methyl sites for hydroxylation is 1. The van der Waals surface area contributed by atoms with Crippen LogP contribution in [0.25, 0.3) is 0 Å². The minimum absolute atomic E-state index is 0.0472. The molecule has 0 radical (unpaired) electrons. The van der Waals surface area contributed by atoms with Gasteiger partial charge in [-0.3, -0.25) is 14.6 Å². The molecule has 2 N–H and O–H groups in total. The maximum atomic E-state index is 11.8. The molecule has 0 unspecified atom stereocenters. The Morgan fingerprint density at radius 3 is 2.68 bits per heavy atom. The summed E-state index contributed by atoms with van der Waals surface area (Å²) < 4.78 is 0. The molecule has 1 heterocycles. The van der Waals surface area contributed by atoms with E-state index in [0.717, 1.165) is 0 Å². The molecule has 0 aliphatic carbocycles. The Morgan fingerprint density at radius 2 is 2.11 bits per heavy atom. The van der Waals surface area contributed by atoms with Gasteiger partial charge in [0.1, 0.15) is 6.07 Å². The highest BCUT2D eigenvalue weighted by molar-refractivity contribution is 5.94. The molecule has 0 fully saturated rings. The number of aromatic nitrogens is 1. The standard InChI is InChI=1S/C13H16N4O2/c1-8(2)12(18)16-7-17-13(19)11-4-10(5-14)9(3)15-6-11/h4,6,8H,7H2,1-3H3,(H,16,18)(H,17,19). The van der Waals surface area contributed by atoms with E-state index in [-0.39, 0.29) is 24.4 Å². The molecule has 0 saturated heterocycles. The van der Waals surface area contributed by atoms with Crippen molar-refractivity contribution in [1.29, 1.82) is 5.26 Å². The van der Waals surface area contributed by atoms with Crippen molar-refractivity contribution in [3.8, 4) is 6.07 Å². The van der Waals surface area contributed by atoms with Crippen LogP contribution < -0.4 is 10.6 Å². The zero-order valence-electron chi connectivity index (χ0n) is 11.2. The van der Waals surface area contributed by atoms with Crippen LogP contribution in [0.1, 0.15) is 35.5 Å². The monoisotopic (exact) mass is 260 g/mol. The average Bonchev–Trinajstić information content (AvgIpc) is 2.38. The van der Waals surface area contributed by atoms with Crippen molar-refractivity contribution in [1.82, 2.24) is 15.6 Å². The number of nitrogens with zero attached hydrogens (tertiary/aromatic N) is 2. The highest BCUT2D eigenvalue weighted by atomic mass is 16.2. The Kier molecular flexibility index (Phi) is 5.01. The zero-order chi connectivity index (χ0) is 14.4. The lowest BCUT2D eigenvalue weighted by atomic mass is 10.1. The molecule has 100 valence electrons. The first-order chi connectivity index (χ1) is 8.95. The fourth-order valence-corrected chi connectivity index (χ4v) is 1.29. The molecule has 1 aromatic rings. The number of nitriles is 1. The summed E-state index contributed by atoms with van der Waals surface area (Å²) in [5, 5.41) is 14.0. The lowest BCUT2D eigenvalue weighted by molar-refractivity contribution is -0.124. The summed E-state index contributed by atoms with van der Waals surface area (Å²) in [6, 6.07) is 3.44. The van der Waals surface area contributed by atoms with Gasteiger partial charge >= 0.3 is 0 Å². The normalized spacial score (nSPS) is 9.84. The first-order valence-electron chi connectivity index (χ1n) is 5.88.